The topological polar surface area (TPSA) is 113 Å². The predicted octanol–water partition coefficient (Wildman–Crippen LogP) is 2.23. The molecular formula is C19H26N4O4. The zero-order chi connectivity index (χ0) is 19.6. The highest BCUT2D eigenvalue weighted by atomic mass is 16.5. The Bertz CT molecular complexity index is 781. The standard InChI is InChI=1S/C19H26N4O4/c1-13(5-3-9-20-17(24)7-8-18(25)23-26)22-16-12-15(27-2)11-14-6-4-10-21-19(14)16/h4,6,10-13,22,26H,3,5,7-9H2,1-2H3,(H,20,24)(H,23,25). The van der Waals surface area contributed by atoms with E-state index >= 15 is 0 Å². The van der Waals surface area contributed by atoms with E-state index in [4.69, 9.17) is 9.94 Å². The number of nitrogens with zero attached hydrogens (tertiary/aromatic N) is 1. The average molecular weight is 374 g/mol. The molecule has 2 amide bonds. The van der Waals surface area contributed by atoms with Gasteiger partial charge in [-0.25, -0.2) is 5.48 Å². The number of ether oxygens (including phenoxy) is 1. The van der Waals surface area contributed by atoms with Gasteiger partial charge in [0.1, 0.15) is 5.75 Å². The Labute approximate surface area is 158 Å². The number of anilines is 1. The van der Waals surface area contributed by atoms with Crippen molar-refractivity contribution in [3.8, 4) is 5.75 Å². The van der Waals surface area contributed by atoms with Gasteiger partial charge in [-0.1, -0.05) is 6.07 Å². The van der Waals surface area contributed by atoms with Gasteiger partial charge in [-0.05, 0) is 31.9 Å². The van der Waals surface area contributed by atoms with E-state index in [1.54, 1.807) is 13.3 Å². The van der Waals surface area contributed by atoms with Gasteiger partial charge in [0.05, 0.1) is 18.3 Å². The van der Waals surface area contributed by atoms with Crippen LogP contribution in [0.1, 0.15) is 32.6 Å². The Kier molecular flexibility index (Phi) is 7.81. The van der Waals surface area contributed by atoms with E-state index in [0.29, 0.717) is 6.54 Å². The van der Waals surface area contributed by atoms with Crippen LogP contribution in [-0.2, 0) is 9.59 Å². The highest BCUT2D eigenvalue weighted by Gasteiger charge is 2.10. The van der Waals surface area contributed by atoms with E-state index in [0.717, 1.165) is 35.2 Å². The zero-order valence-corrected chi connectivity index (χ0v) is 15.6. The molecule has 2 rings (SSSR count). The molecule has 1 aromatic carbocycles. The van der Waals surface area contributed by atoms with Gasteiger partial charge in [-0.2, -0.15) is 0 Å². The Balaban J connectivity index is 1.81. The third kappa shape index (κ3) is 6.41. The number of amides is 2. The molecular weight excluding hydrogens is 348 g/mol. The minimum absolute atomic E-state index is 0.0315. The van der Waals surface area contributed by atoms with Crippen LogP contribution in [0.15, 0.2) is 30.5 Å². The van der Waals surface area contributed by atoms with Crippen LogP contribution in [0.2, 0.25) is 0 Å². The second-order valence-electron chi connectivity index (χ2n) is 6.32. The monoisotopic (exact) mass is 374 g/mol. The minimum Gasteiger partial charge on any atom is -0.497 e. The summed E-state index contributed by atoms with van der Waals surface area (Å²) in [5, 5.41) is 15.6. The molecule has 1 heterocycles. The van der Waals surface area contributed by atoms with Crippen molar-refractivity contribution in [2.24, 2.45) is 0 Å². The van der Waals surface area contributed by atoms with Gasteiger partial charge in [-0.3, -0.25) is 19.8 Å². The van der Waals surface area contributed by atoms with Crippen molar-refractivity contribution in [1.29, 1.82) is 0 Å². The summed E-state index contributed by atoms with van der Waals surface area (Å²) in [6, 6.07) is 7.94. The van der Waals surface area contributed by atoms with Crippen molar-refractivity contribution < 1.29 is 19.5 Å². The van der Waals surface area contributed by atoms with Crippen LogP contribution < -0.4 is 20.9 Å². The lowest BCUT2D eigenvalue weighted by molar-refractivity contribution is -0.131. The maximum atomic E-state index is 11.6. The molecule has 146 valence electrons. The Hall–Kier alpha value is -2.87. The third-order valence-corrected chi connectivity index (χ3v) is 4.16. The SMILES string of the molecule is COc1cc(NC(C)CCCNC(=O)CCC(=O)NO)c2ncccc2c1. The number of carbonyl (C=O) groups excluding carboxylic acids is 2. The molecule has 1 atom stereocenters. The third-order valence-electron chi connectivity index (χ3n) is 4.16. The first-order valence-electron chi connectivity index (χ1n) is 8.92. The zero-order valence-electron chi connectivity index (χ0n) is 15.6. The number of hydroxylamine groups is 1. The first-order chi connectivity index (χ1) is 13.0. The molecule has 0 saturated carbocycles. The van der Waals surface area contributed by atoms with Gasteiger partial charge >= 0.3 is 0 Å². The molecule has 0 spiro atoms. The van der Waals surface area contributed by atoms with E-state index in [1.807, 2.05) is 24.3 Å². The number of aromatic nitrogens is 1. The Morgan fingerprint density at radius 2 is 2.04 bits per heavy atom. The van der Waals surface area contributed by atoms with Crippen molar-refractivity contribution >= 4 is 28.4 Å². The molecule has 0 aliphatic carbocycles. The lowest BCUT2D eigenvalue weighted by Crippen LogP contribution is -2.28. The van der Waals surface area contributed by atoms with Crippen LogP contribution in [0.25, 0.3) is 10.9 Å². The maximum absolute atomic E-state index is 11.6. The van der Waals surface area contributed by atoms with Gasteiger partial charge in [0.2, 0.25) is 11.8 Å². The van der Waals surface area contributed by atoms with Crippen LogP contribution in [0.5, 0.6) is 5.75 Å². The summed E-state index contributed by atoms with van der Waals surface area (Å²) >= 11 is 0. The number of carbonyl (C=O) groups is 2. The number of methoxy groups -OCH3 is 1. The fraction of sp³-hybridized carbons (Fsp3) is 0.421. The molecule has 4 N–H and O–H groups in total. The minimum atomic E-state index is -0.568. The second kappa shape index (κ2) is 10.3. The van der Waals surface area contributed by atoms with Crippen molar-refractivity contribution in [3.63, 3.8) is 0 Å². The molecule has 0 bridgehead atoms. The van der Waals surface area contributed by atoms with Crippen LogP contribution in [0, 0.1) is 0 Å². The van der Waals surface area contributed by atoms with Crippen molar-refractivity contribution in [2.45, 2.75) is 38.6 Å². The summed E-state index contributed by atoms with van der Waals surface area (Å²) < 4.78 is 5.36. The maximum Gasteiger partial charge on any atom is 0.243 e. The van der Waals surface area contributed by atoms with Gasteiger partial charge in [0, 0.05) is 43.1 Å². The first-order valence-corrected chi connectivity index (χ1v) is 8.92. The lowest BCUT2D eigenvalue weighted by Gasteiger charge is -2.17. The van der Waals surface area contributed by atoms with Gasteiger partial charge in [-0.15, -0.1) is 0 Å². The number of rotatable bonds is 10. The molecule has 8 heteroatoms. The molecule has 2 aromatic rings. The number of hydrogen-bond acceptors (Lipinski definition) is 6. The fourth-order valence-electron chi connectivity index (χ4n) is 2.74. The molecule has 0 radical (unpaired) electrons. The number of fused-ring (bicyclic) bond motifs is 1. The Morgan fingerprint density at radius 1 is 1.26 bits per heavy atom. The highest BCUT2D eigenvalue weighted by Crippen LogP contribution is 2.28. The van der Waals surface area contributed by atoms with E-state index in [9.17, 15) is 9.59 Å². The molecule has 8 nitrogen and oxygen atoms in total. The molecule has 1 unspecified atom stereocenters. The summed E-state index contributed by atoms with van der Waals surface area (Å²) in [4.78, 5) is 26.9. The van der Waals surface area contributed by atoms with E-state index < -0.39 is 5.91 Å². The van der Waals surface area contributed by atoms with Gasteiger partial charge < -0.3 is 15.4 Å². The molecule has 1 aromatic heterocycles. The van der Waals surface area contributed by atoms with Crippen LogP contribution in [0.4, 0.5) is 5.69 Å². The average Bonchev–Trinajstić information content (AvgIpc) is 2.69. The largest absolute Gasteiger partial charge is 0.497 e. The first kappa shape index (κ1) is 20.4. The number of nitrogens with one attached hydrogen (secondary N) is 3. The van der Waals surface area contributed by atoms with Gasteiger partial charge in [0.25, 0.3) is 0 Å². The molecule has 0 fully saturated rings. The normalized spacial score (nSPS) is 11.7. The summed E-state index contributed by atoms with van der Waals surface area (Å²) in [5.41, 5.74) is 3.31. The quantitative estimate of drug-likeness (QED) is 0.288. The van der Waals surface area contributed by atoms with Crippen LogP contribution >= 0.6 is 0 Å². The number of hydrogen-bond donors (Lipinski definition) is 4. The van der Waals surface area contributed by atoms with E-state index in [-0.39, 0.29) is 24.8 Å². The second-order valence-corrected chi connectivity index (χ2v) is 6.32. The number of benzene rings is 1. The molecule has 0 aliphatic heterocycles. The smallest absolute Gasteiger partial charge is 0.243 e. The molecule has 27 heavy (non-hydrogen) atoms. The molecule has 0 aliphatic rings. The summed E-state index contributed by atoms with van der Waals surface area (Å²) in [6.45, 7) is 2.60. The van der Waals surface area contributed by atoms with E-state index in [2.05, 4.69) is 22.5 Å². The molecule has 0 saturated heterocycles. The highest BCUT2D eigenvalue weighted by molar-refractivity contribution is 5.92. The predicted molar refractivity (Wildman–Crippen MR) is 103 cm³/mol. The van der Waals surface area contributed by atoms with Gasteiger partial charge in [0.15, 0.2) is 0 Å². The fourth-order valence-corrected chi connectivity index (χ4v) is 2.74. The van der Waals surface area contributed by atoms with Crippen molar-refractivity contribution in [2.75, 3.05) is 19.0 Å². The van der Waals surface area contributed by atoms with Crippen LogP contribution in [0.3, 0.4) is 0 Å². The number of pyridine rings is 1. The summed E-state index contributed by atoms with van der Waals surface area (Å²) in [6.07, 6.45) is 3.43. The van der Waals surface area contributed by atoms with Crippen LogP contribution in [-0.4, -0.2) is 41.7 Å². The lowest BCUT2D eigenvalue weighted by atomic mass is 10.1. The summed E-state index contributed by atoms with van der Waals surface area (Å²) in [5.74, 6) is -0.00585. The summed E-state index contributed by atoms with van der Waals surface area (Å²) in [7, 11) is 1.64. The Morgan fingerprint density at radius 3 is 2.78 bits per heavy atom. The van der Waals surface area contributed by atoms with E-state index in [1.165, 1.54) is 5.48 Å². The van der Waals surface area contributed by atoms with Crippen molar-refractivity contribution in [1.82, 2.24) is 15.8 Å². The van der Waals surface area contributed by atoms with Crippen molar-refractivity contribution in [3.05, 3.63) is 30.5 Å².